The van der Waals surface area contributed by atoms with Crippen molar-refractivity contribution in [3.63, 3.8) is 0 Å². The Morgan fingerprint density at radius 2 is 1.20 bits per heavy atom. The molecule has 5 heavy (non-hydrogen) atoms. The molecule has 3 heteroatoms. The molecule has 0 amide bonds. The quantitative estimate of drug-likeness (QED) is 0.482. The minimum atomic E-state index is 0. The van der Waals surface area contributed by atoms with Crippen LogP contribution in [-0.4, -0.2) is 0 Å². The molecule has 28 valence electrons. The molecule has 1 nitrogen and oxygen atoms in total. The number of hydrogen-bond acceptors (Lipinski definition) is 1. The van der Waals surface area contributed by atoms with Gasteiger partial charge in [-0.1, -0.05) is 0 Å². The van der Waals surface area contributed by atoms with Gasteiger partial charge in [0.25, 0.3) is 0 Å². The van der Waals surface area contributed by atoms with Crippen molar-refractivity contribution in [2.45, 2.75) is 0 Å². The third-order valence-electron chi connectivity index (χ3n) is 0. The maximum atomic E-state index is 6.25. The minimum Gasteiger partial charge on any atom is -0.512 e. The van der Waals surface area contributed by atoms with E-state index in [-0.39, 0.29) is 59.6 Å². The molecule has 0 aliphatic rings. The maximum absolute atomic E-state index is 6.25. The zero-order valence-electron chi connectivity index (χ0n) is 2.86. The Morgan fingerprint density at radius 3 is 1.20 bits per heavy atom. The van der Waals surface area contributed by atoms with Gasteiger partial charge < -0.3 is 19.3 Å². The van der Waals surface area contributed by atoms with E-state index in [0.29, 0.717) is 0 Å². The van der Waals surface area contributed by atoms with E-state index in [4.69, 9.17) is 11.8 Å². The number of hydrogen-bond donors (Lipinski definition) is 0. The van der Waals surface area contributed by atoms with Crippen molar-refractivity contribution in [1.82, 2.24) is 0 Å². The zero-order valence-corrected chi connectivity index (χ0v) is 9.95. The second-order valence-corrected chi connectivity index (χ2v) is 0. The molecule has 0 atom stereocenters. The molecular weight excluding hydrogens is 460 g/mol. The van der Waals surface area contributed by atoms with Gasteiger partial charge in [-0.25, -0.2) is 0 Å². The van der Waals surface area contributed by atoms with E-state index in [0.717, 1.165) is 0 Å². The summed E-state index contributed by atoms with van der Waals surface area (Å²) in [5, 5.41) is 6.25. The van der Waals surface area contributed by atoms with Gasteiger partial charge in [-0.15, -0.1) is 0 Å². The fourth-order valence-corrected chi connectivity index (χ4v) is 0. The molecule has 0 rings (SSSR count). The predicted octanol–water partition coefficient (Wildman–Crippen LogP) is 0.544. The smallest absolute Gasteiger partial charge is 0 e. The molecule has 0 N–H and O–H groups in total. The van der Waals surface area contributed by atoms with Crippen LogP contribution in [0.5, 0.6) is 0 Å². The van der Waals surface area contributed by atoms with Gasteiger partial charge in [-0.3, -0.25) is 0 Å². The van der Waals surface area contributed by atoms with Crippen LogP contribution >= 0.6 is 0 Å². The fourth-order valence-electron chi connectivity index (χ4n) is 0. The molecule has 0 aliphatic carbocycles. The van der Waals surface area contributed by atoms with Gasteiger partial charge in [-0.05, 0) is 0 Å². The van der Waals surface area contributed by atoms with Crippen LogP contribution in [0.1, 0.15) is 0 Å². The molecule has 0 radical (unpaired) electrons. The first kappa shape index (κ1) is 34.3. The number of rotatable bonds is 0. The molecule has 0 heterocycles. The molecule has 0 aromatic carbocycles. The molecule has 0 saturated carbocycles. The Balaban J connectivity index is -0.00000000167. The first-order chi connectivity index (χ1) is 1.00. The summed E-state index contributed by atoms with van der Waals surface area (Å²) in [6.07, 6.45) is 0. The third-order valence-corrected chi connectivity index (χ3v) is 0. The van der Waals surface area contributed by atoms with E-state index >= 15 is 0 Å². The summed E-state index contributed by atoms with van der Waals surface area (Å²) in [7, 11) is 0. The van der Waals surface area contributed by atoms with Crippen molar-refractivity contribution in [2.24, 2.45) is 0 Å². The van der Waals surface area contributed by atoms with Gasteiger partial charge in [0.1, 0.15) is 0 Å². The van der Waals surface area contributed by atoms with E-state index in [2.05, 4.69) is 0 Å². The first-order valence-electron chi connectivity index (χ1n) is 0.224. The van der Waals surface area contributed by atoms with E-state index in [1.807, 2.05) is 0 Å². The molecular formula is C2H3NUW-2. The van der Waals surface area contributed by atoms with Crippen molar-refractivity contribution in [3.05, 3.63) is 14.0 Å². The van der Waals surface area contributed by atoms with Crippen LogP contribution in [0.4, 0.5) is 0 Å². The van der Waals surface area contributed by atoms with Crippen LogP contribution in [0.15, 0.2) is 0 Å². The standard InChI is InChI=1S/CN.CH3.U.W/c1-2;;;/h;1H3;;/q2*-1;;. The average Bonchev–Trinajstić information content (AvgIpc) is 1.00. The summed E-state index contributed by atoms with van der Waals surface area (Å²) in [6.45, 7) is 4.75. The molecule has 0 spiro atoms. The van der Waals surface area contributed by atoms with E-state index in [1.165, 1.54) is 0 Å². The van der Waals surface area contributed by atoms with Gasteiger partial charge in [0.2, 0.25) is 0 Å². The summed E-state index contributed by atoms with van der Waals surface area (Å²) >= 11 is 0. The van der Waals surface area contributed by atoms with E-state index in [9.17, 15) is 0 Å². The first-order valence-corrected chi connectivity index (χ1v) is 0.224. The van der Waals surface area contributed by atoms with Crippen molar-refractivity contribution in [1.29, 1.82) is 5.26 Å². The van der Waals surface area contributed by atoms with E-state index in [1.54, 1.807) is 0 Å². The summed E-state index contributed by atoms with van der Waals surface area (Å²) in [5.74, 6) is 0. The minimum absolute atomic E-state index is 0. The van der Waals surface area contributed by atoms with Crippen molar-refractivity contribution >= 4 is 0 Å². The monoisotopic (exact) mass is 463 g/mol. The fraction of sp³-hybridized carbons (Fsp3) is 0. The molecule has 0 fully saturated rings. The Morgan fingerprint density at radius 1 is 1.20 bits per heavy atom. The summed E-state index contributed by atoms with van der Waals surface area (Å²) in [5.41, 5.74) is 0. The molecule has 0 unspecified atom stereocenters. The van der Waals surface area contributed by atoms with Gasteiger partial charge in [0.05, 0.1) is 0 Å². The van der Waals surface area contributed by atoms with Crippen LogP contribution in [-0.2, 0) is 21.1 Å². The largest absolute Gasteiger partial charge is 0.512 e. The normalized spacial score (nSPS) is 0.400. The Kier molecular flexibility index (Phi) is 424. The average molecular weight is 463 g/mol. The van der Waals surface area contributed by atoms with Gasteiger partial charge in [0, 0.05) is 52.2 Å². The predicted molar refractivity (Wildman–Crippen MR) is 11.4 cm³/mol. The zero-order chi connectivity index (χ0) is 2.00. The SMILES string of the molecule is [C-]#N.[CH3-].[U].[W]. The molecule has 0 saturated heterocycles. The van der Waals surface area contributed by atoms with Gasteiger partial charge in [0.15, 0.2) is 0 Å². The second kappa shape index (κ2) is 61.8. The van der Waals surface area contributed by atoms with Gasteiger partial charge >= 0.3 is 0 Å². The topological polar surface area (TPSA) is 23.8 Å². The summed E-state index contributed by atoms with van der Waals surface area (Å²) in [4.78, 5) is 0. The maximum Gasteiger partial charge on any atom is 0 e. The van der Waals surface area contributed by atoms with Crippen LogP contribution in [0.3, 0.4) is 0 Å². The van der Waals surface area contributed by atoms with Crippen molar-refractivity contribution in [2.75, 3.05) is 0 Å². The number of nitrogens with zero attached hydrogens (tertiary/aromatic N) is 1. The van der Waals surface area contributed by atoms with Crippen LogP contribution in [0, 0.1) is 50.4 Å². The molecule has 0 aromatic heterocycles. The Labute approximate surface area is 70.8 Å². The summed E-state index contributed by atoms with van der Waals surface area (Å²) in [6, 6.07) is 0. The third kappa shape index (κ3) is 36.1. The Bertz CT molecular complexity index is 14.4. The Hall–Kier alpha value is 1.23. The summed E-state index contributed by atoms with van der Waals surface area (Å²) < 4.78 is 0. The second-order valence-electron chi connectivity index (χ2n) is 0. The van der Waals surface area contributed by atoms with E-state index < -0.39 is 0 Å². The van der Waals surface area contributed by atoms with Crippen LogP contribution in [0.25, 0.3) is 0 Å². The molecule has 0 aromatic rings. The van der Waals surface area contributed by atoms with Crippen LogP contribution in [0.2, 0.25) is 0 Å². The molecule has 0 bridgehead atoms. The van der Waals surface area contributed by atoms with Crippen LogP contribution < -0.4 is 0 Å². The van der Waals surface area contributed by atoms with Crippen molar-refractivity contribution < 1.29 is 52.2 Å². The van der Waals surface area contributed by atoms with Gasteiger partial charge in [-0.2, -0.15) is 0 Å². The molecule has 0 aliphatic heterocycles. The van der Waals surface area contributed by atoms with Crippen molar-refractivity contribution in [3.8, 4) is 0 Å².